The van der Waals surface area contributed by atoms with Crippen LogP contribution in [0, 0.1) is 5.82 Å². The Morgan fingerprint density at radius 1 is 1.00 bits per heavy atom. The van der Waals surface area contributed by atoms with Crippen molar-refractivity contribution in [3.63, 3.8) is 0 Å². The van der Waals surface area contributed by atoms with Gasteiger partial charge in [0.15, 0.2) is 0 Å². The molecule has 25 heavy (non-hydrogen) atoms. The van der Waals surface area contributed by atoms with Crippen molar-refractivity contribution in [3.05, 3.63) is 84.1 Å². The molecule has 126 valence electrons. The van der Waals surface area contributed by atoms with Crippen LogP contribution in [0.25, 0.3) is 0 Å². The van der Waals surface area contributed by atoms with Crippen molar-refractivity contribution in [3.8, 4) is 0 Å². The third kappa shape index (κ3) is 4.84. The average molecular weight is 336 g/mol. The van der Waals surface area contributed by atoms with Crippen LogP contribution in [-0.4, -0.2) is 22.4 Å². The van der Waals surface area contributed by atoms with Gasteiger partial charge in [-0.25, -0.2) is 14.4 Å². The molecule has 0 aliphatic rings. The van der Waals surface area contributed by atoms with Crippen LogP contribution >= 0.6 is 0 Å². The Bertz CT molecular complexity index is 838. The molecule has 1 heterocycles. The molecule has 6 heteroatoms. The van der Waals surface area contributed by atoms with Gasteiger partial charge in [0, 0.05) is 18.3 Å². The predicted octanol–water partition coefficient (Wildman–Crippen LogP) is 3.33. The predicted molar refractivity (Wildman–Crippen MR) is 94.2 cm³/mol. The summed E-state index contributed by atoms with van der Waals surface area (Å²) in [5.41, 5.74) is 2.10. The maximum absolute atomic E-state index is 12.9. The first-order chi connectivity index (χ1) is 12.2. The van der Waals surface area contributed by atoms with Crippen molar-refractivity contribution in [2.75, 3.05) is 11.9 Å². The van der Waals surface area contributed by atoms with Crippen LogP contribution in [-0.2, 0) is 6.42 Å². The second-order valence-electron chi connectivity index (χ2n) is 5.41. The first-order valence-electron chi connectivity index (χ1n) is 7.87. The van der Waals surface area contributed by atoms with Crippen molar-refractivity contribution in [2.45, 2.75) is 6.42 Å². The number of anilines is 2. The first kappa shape index (κ1) is 16.6. The maximum Gasteiger partial charge on any atom is 0.270 e. The third-order valence-corrected chi connectivity index (χ3v) is 3.56. The highest BCUT2D eigenvalue weighted by atomic mass is 19.1. The van der Waals surface area contributed by atoms with E-state index in [4.69, 9.17) is 0 Å². The lowest BCUT2D eigenvalue weighted by molar-refractivity contribution is 0.0949. The molecular weight excluding hydrogens is 319 g/mol. The van der Waals surface area contributed by atoms with Crippen molar-refractivity contribution in [1.82, 2.24) is 15.3 Å². The zero-order chi connectivity index (χ0) is 17.5. The summed E-state index contributed by atoms with van der Waals surface area (Å²) in [6, 6.07) is 17.4. The standard InChI is InChI=1S/C19H17FN4O/c20-15-6-8-16(9-7-15)24-18-12-17(22-13-23-18)19(25)21-11-10-14-4-2-1-3-5-14/h1-9,12-13H,10-11H2,(H,21,25)(H,22,23,24). The molecule has 1 amide bonds. The van der Waals surface area contributed by atoms with Crippen LogP contribution in [0.5, 0.6) is 0 Å². The van der Waals surface area contributed by atoms with E-state index < -0.39 is 0 Å². The number of carbonyl (C=O) groups is 1. The van der Waals surface area contributed by atoms with Crippen LogP contribution in [0.15, 0.2) is 67.0 Å². The summed E-state index contributed by atoms with van der Waals surface area (Å²) < 4.78 is 12.9. The van der Waals surface area contributed by atoms with Gasteiger partial charge in [0.05, 0.1) is 0 Å². The minimum Gasteiger partial charge on any atom is -0.350 e. The molecule has 0 spiro atoms. The number of amides is 1. The summed E-state index contributed by atoms with van der Waals surface area (Å²) in [7, 11) is 0. The normalized spacial score (nSPS) is 10.3. The lowest BCUT2D eigenvalue weighted by Gasteiger charge is -2.08. The number of rotatable bonds is 6. The van der Waals surface area contributed by atoms with Crippen molar-refractivity contribution < 1.29 is 9.18 Å². The molecule has 0 fully saturated rings. The van der Waals surface area contributed by atoms with Gasteiger partial charge in [-0.05, 0) is 36.2 Å². The fourth-order valence-electron chi connectivity index (χ4n) is 2.29. The lowest BCUT2D eigenvalue weighted by Crippen LogP contribution is -2.26. The molecule has 2 N–H and O–H groups in total. The van der Waals surface area contributed by atoms with Crippen molar-refractivity contribution in [2.24, 2.45) is 0 Å². The van der Waals surface area contributed by atoms with E-state index in [1.54, 1.807) is 18.2 Å². The number of nitrogens with zero attached hydrogens (tertiary/aromatic N) is 2. The zero-order valence-corrected chi connectivity index (χ0v) is 13.4. The Hall–Kier alpha value is -3.28. The van der Waals surface area contributed by atoms with E-state index in [0.29, 0.717) is 18.1 Å². The number of hydrogen-bond acceptors (Lipinski definition) is 4. The Morgan fingerprint density at radius 3 is 2.52 bits per heavy atom. The summed E-state index contributed by atoms with van der Waals surface area (Å²) in [6.07, 6.45) is 2.07. The van der Waals surface area contributed by atoms with Crippen LogP contribution in [0.1, 0.15) is 16.1 Å². The number of hydrogen-bond donors (Lipinski definition) is 2. The molecule has 0 radical (unpaired) electrons. The SMILES string of the molecule is O=C(NCCc1ccccc1)c1cc(Nc2ccc(F)cc2)ncn1. The van der Waals surface area contributed by atoms with E-state index in [0.717, 1.165) is 12.0 Å². The molecule has 0 atom stereocenters. The molecule has 3 aromatic rings. The minimum atomic E-state index is -0.313. The van der Waals surface area contributed by atoms with E-state index in [1.165, 1.54) is 18.5 Å². The molecule has 3 rings (SSSR count). The Balaban J connectivity index is 1.58. The van der Waals surface area contributed by atoms with Crippen LogP contribution < -0.4 is 10.6 Å². The monoisotopic (exact) mass is 336 g/mol. The second kappa shape index (κ2) is 8.01. The van der Waals surface area contributed by atoms with Gasteiger partial charge in [0.2, 0.25) is 0 Å². The van der Waals surface area contributed by atoms with Crippen LogP contribution in [0.2, 0.25) is 0 Å². The van der Waals surface area contributed by atoms with E-state index in [2.05, 4.69) is 20.6 Å². The molecule has 0 saturated carbocycles. The Kier molecular flexibility index (Phi) is 5.31. The maximum atomic E-state index is 12.9. The fraction of sp³-hybridized carbons (Fsp3) is 0.105. The van der Waals surface area contributed by atoms with Gasteiger partial charge in [-0.1, -0.05) is 30.3 Å². The summed E-state index contributed by atoms with van der Waals surface area (Å²) in [4.78, 5) is 20.3. The van der Waals surface area contributed by atoms with Gasteiger partial charge < -0.3 is 10.6 Å². The zero-order valence-electron chi connectivity index (χ0n) is 13.4. The number of nitrogens with one attached hydrogen (secondary N) is 2. The van der Waals surface area contributed by atoms with E-state index in [9.17, 15) is 9.18 Å². The number of halogens is 1. The first-order valence-corrected chi connectivity index (χ1v) is 7.87. The molecule has 5 nitrogen and oxygen atoms in total. The highest BCUT2D eigenvalue weighted by molar-refractivity contribution is 5.92. The fourth-order valence-corrected chi connectivity index (χ4v) is 2.29. The van der Waals surface area contributed by atoms with Crippen molar-refractivity contribution >= 4 is 17.4 Å². The lowest BCUT2D eigenvalue weighted by atomic mass is 10.1. The van der Waals surface area contributed by atoms with Gasteiger partial charge in [-0.3, -0.25) is 4.79 Å². The van der Waals surface area contributed by atoms with Crippen LogP contribution in [0.3, 0.4) is 0 Å². The van der Waals surface area contributed by atoms with Gasteiger partial charge in [-0.15, -0.1) is 0 Å². The summed E-state index contributed by atoms with van der Waals surface area (Å²) in [5, 5.41) is 5.85. The van der Waals surface area contributed by atoms with Gasteiger partial charge in [-0.2, -0.15) is 0 Å². The summed E-state index contributed by atoms with van der Waals surface area (Å²) in [6.45, 7) is 0.521. The van der Waals surface area contributed by atoms with Crippen molar-refractivity contribution in [1.29, 1.82) is 0 Å². The Labute approximate surface area is 145 Å². The van der Waals surface area contributed by atoms with Crippen LogP contribution in [0.4, 0.5) is 15.9 Å². The number of benzene rings is 2. The molecule has 0 aliphatic carbocycles. The molecule has 0 unspecified atom stereocenters. The van der Waals surface area contributed by atoms with Gasteiger partial charge in [0.25, 0.3) is 5.91 Å². The summed E-state index contributed by atoms with van der Waals surface area (Å²) in [5.74, 6) is -0.109. The summed E-state index contributed by atoms with van der Waals surface area (Å²) >= 11 is 0. The van der Waals surface area contributed by atoms with E-state index in [-0.39, 0.29) is 17.4 Å². The highest BCUT2D eigenvalue weighted by Crippen LogP contribution is 2.15. The smallest absolute Gasteiger partial charge is 0.270 e. The molecule has 0 saturated heterocycles. The van der Waals surface area contributed by atoms with E-state index in [1.807, 2.05) is 30.3 Å². The van der Waals surface area contributed by atoms with Gasteiger partial charge >= 0.3 is 0 Å². The molecule has 0 aliphatic heterocycles. The number of carbonyl (C=O) groups excluding carboxylic acids is 1. The minimum absolute atomic E-state index is 0.263. The van der Waals surface area contributed by atoms with E-state index >= 15 is 0 Å². The molecular formula is C19H17FN4O. The second-order valence-corrected chi connectivity index (χ2v) is 5.41. The quantitative estimate of drug-likeness (QED) is 0.724. The average Bonchev–Trinajstić information content (AvgIpc) is 2.65. The largest absolute Gasteiger partial charge is 0.350 e. The number of aromatic nitrogens is 2. The Morgan fingerprint density at radius 2 is 1.76 bits per heavy atom. The molecule has 2 aromatic carbocycles. The molecule has 1 aromatic heterocycles. The topological polar surface area (TPSA) is 66.9 Å². The molecule has 0 bridgehead atoms. The highest BCUT2D eigenvalue weighted by Gasteiger charge is 2.08. The third-order valence-electron chi connectivity index (χ3n) is 3.56. The van der Waals surface area contributed by atoms with Gasteiger partial charge in [0.1, 0.15) is 23.7 Å².